The maximum absolute atomic E-state index is 10.5. The largest absolute Gasteiger partial charge is 0.456 e. The molecular formula is C50H26N4O2. The number of rotatable bonds is 3. The molecule has 6 heteroatoms. The normalized spacial score (nSPS) is 11.9. The van der Waals surface area contributed by atoms with E-state index in [1.54, 1.807) is 0 Å². The summed E-state index contributed by atoms with van der Waals surface area (Å²) in [5.41, 5.74) is 11.7. The van der Waals surface area contributed by atoms with E-state index in [2.05, 4.69) is 111 Å². The van der Waals surface area contributed by atoms with Crippen molar-refractivity contribution in [1.82, 2.24) is 9.13 Å². The average Bonchev–Trinajstić information content (AvgIpc) is 3.99. The van der Waals surface area contributed by atoms with Gasteiger partial charge in [0.15, 0.2) is 5.69 Å². The molecule has 0 fully saturated rings. The first-order valence-electron chi connectivity index (χ1n) is 18.4. The van der Waals surface area contributed by atoms with Crippen molar-refractivity contribution in [2.24, 2.45) is 0 Å². The van der Waals surface area contributed by atoms with Gasteiger partial charge in [-0.2, -0.15) is 5.26 Å². The second kappa shape index (κ2) is 11.2. The predicted molar refractivity (Wildman–Crippen MR) is 226 cm³/mol. The number of nitrogens with zero attached hydrogens (tertiary/aromatic N) is 4. The Labute approximate surface area is 318 Å². The molecule has 258 valence electrons. The van der Waals surface area contributed by atoms with Crippen molar-refractivity contribution >= 4 is 93.2 Å². The zero-order valence-corrected chi connectivity index (χ0v) is 29.6. The van der Waals surface area contributed by atoms with Gasteiger partial charge >= 0.3 is 0 Å². The zero-order chi connectivity index (χ0) is 37.1. The molecule has 12 aromatic rings. The van der Waals surface area contributed by atoms with Gasteiger partial charge in [-0.3, -0.25) is 0 Å². The molecule has 0 radical (unpaired) electrons. The molecule has 4 aromatic heterocycles. The Kier molecular flexibility index (Phi) is 6.10. The fourth-order valence-electron chi connectivity index (χ4n) is 8.90. The van der Waals surface area contributed by atoms with Crippen LogP contribution in [-0.2, 0) is 0 Å². The Balaban J connectivity index is 1.11. The highest BCUT2D eigenvalue weighted by molar-refractivity contribution is 6.18. The Morgan fingerprint density at radius 2 is 0.911 bits per heavy atom. The zero-order valence-electron chi connectivity index (χ0n) is 29.6. The first kappa shape index (κ1) is 30.4. The van der Waals surface area contributed by atoms with E-state index in [4.69, 9.17) is 15.4 Å². The van der Waals surface area contributed by atoms with Crippen LogP contribution >= 0.6 is 0 Å². The van der Waals surface area contributed by atoms with E-state index in [1.165, 1.54) is 0 Å². The first-order chi connectivity index (χ1) is 27.7. The van der Waals surface area contributed by atoms with E-state index < -0.39 is 0 Å². The van der Waals surface area contributed by atoms with Gasteiger partial charge in [-0.15, -0.1) is 0 Å². The van der Waals surface area contributed by atoms with Crippen LogP contribution < -0.4 is 0 Å². The molecule has 0 unspecified atom stereocenters. The highest BCUT2D eigenvalue weighted by Crippen LogP contribution is 2.43. The fourth-order valence-corrected chi connectivity index (χ4v) is 8.90. The number of aromatic nitrogens is 2. The Morgan fingerprint density at radius 1 is 0.429 bits per heavy atom. The van der Waals surface area contributed by atoms with Gasteiger partial charge in [-0.05, 0) is 90.0 Å². The van der Waals surface area contributed by atoms with Crippen LogP contribution in [0.1, 0.15) is 5.56 Å². The predicted octanol–water partition coefficient (Wildman–Crippen LogP) is 13.8. The van der Waals surface area contributed by atoms with Crippen LogP contribution in [0.15, 0.2) is 167 Å². The molecule has 8 aromatic carbocycles. The lowest BCUT2D eigenvalue weighted by atomic mass is 9.97. The second-order valence-electron chi connectivity index (χ2n) is 14.3. The Morgan fingerprint density at radius 3 is 1.45 bits per heavy atom. The van der Waals surface area contributed by atoms with Crippen LogP contribution in [0.25, 0.3) is 115 Å². The van der Waals surface area contributed by atoms with Gasteiger partial charge in [0.05, 0.1) is 40.3 Å². The van der Waals surface area contributed by atoms with Crippen LogP contribution in [0.5, 0.6) is 0 Å². The number of hydrogen-bond acceptors (Lipinski definition) is 3. The van der Waals surface area contributed by atoms with Crippen molar-refractivity contribution in [3.8, 4) is 28.6 Å². The fraction of sp³-hybridized carbons (Fsp3) is 0. The standard InChI is InChI=1S/C50H26N4O2/c1-52-42-21-20-31(54-44-15-7-3-11-33(44)39-27-50-41(25-46(39)54)35-13-5-9-17-48(35)56-50)23-37(42)36-22-30(19-18-29(36)28-51)53-43-14-6-2-10-32(43)38-26-49-40(24-45(38)53)34-12-4-8-16-47(34)55-49/h2-27H. The molecule has 0 amide bonds. The Bertz CT molecular complexity index is 3500. The smallest absolute Gasteiger partial charge is 0.195 e. The summed E-state index contributed by atoms with van der Waals surface area (Å²) in [7, 11) is 0. The third-order valence-electron chi connectivity index (χ3n) is 11.4. The van der Waals surface area contributed by atoms with Crippen LogP contribution in [-0.4, -0.2) is 9.13 Å². The summed E-state index contributed by atoms with van der Waals surface area (Å²) in [6, 6.07) is 56.0. The minimum Gasteiger partial charge on any atom is -0.456 e. The van der Waals surface area contributed by atoms with Gasteiger partial charge < -0.3 is 18.0 Å². The molecule has 0 atom stereocenters. The van der Waals surface area contributed by atoms with Gasteiger partial charge in [0.2, 0.25) is 0 Å². The lowest BCUT2D eigenvalue weighted by Crippen LogP contribution is -1.98. The van der Waals surface area contributed by atoms with Crippen molar-refractivity contribution in [3.05, 3.63) is 175 Å². The van der Waals surface area contributed by atoms with Crippen LogP contribution in [0, 0.1) is 17.9 Å². The molecule has 0 saturated carbocycles. The van der Waals surface area contributed by atoms with Gasteiger partial charge in [0.25, 0.3) is 0 Å². The van der Waals surface area contributed by atoms with Crippen LogP contribution in [0.2, 0.25) is 0 Å². The van der Waals surface area contributed by atoms with E-state index in [1.807, 2.05) is 66.7 Å². The summed E-state index contributed by atoms with van der Waals surface area (Å²) >= 11 is 0. The quantitative estimate of drug-likeness (QED) is 0.171. The van der Waals surface area contributed by atoms with Crippen molar-refractivity contribution in [3.63, 3.8) is 0 Å². The minimum atomic E-state index is 0.472. The maximum Gasteiger partial charge on any atom is 0.195 e. The average molecular weight is 715 g/mol. The first-order valence-corrected chi connectivity index (χ1v) is 18.4. The molecule has 0 aliphatic carbocycles. The van der Waals surface area contributed by atoms with Crippen LogP contribution in [0.4, 0.5) is 5.69 Å². The summed E-state index contributed by atoms with van der Waals surface area (Å²) < 4.78 is 17.1. The SMILES string of the molecule is [C-]#[N+]c1ccc(-n2c3ccccc3c3cc4oc5ccccc5c4cc32)cc1-c1cc(-n2c3ccccc3c3cc4oc5ccccc5c4cc32)ccc1C#N. The highest BCUT2D eigenvalue weighted by Gasteiger charge is 2.21. The van der Waals surface area contributed by atoms with Gasteiger partial charge in [0.1, 0.15) is 22.3 Å². The molecule has 0 aliphatic rings. The third kappa shape index (κ3) is 4.13. The maximum atomic E-state index is 10.5. The monoisotopic (exact) mass is 714 g/mol. The van der Waals surface area contributed by atoms with Gasteiger partial charge in [0, 0.05) is 54.5 Å². The summed E-state index contributed by atoms with van der Waals surface area (Å²) in [4.78, 5) is 3.99. The van der Waals surface area contributed by atoms with Gasteiger partial charge in [-0.25, -0.2) is 4.85 Å². The van der Waals surface area contributed by atoms with E-state index in [0.717, 1.165) is 98.9 Å². The lowest BCUT2D eigenvalue weighted by molar-refractivity contribution is 0.669. The molecule has 0 aliphatic heterocycles. The van der Waals surface area contributed by atoms with E-state index >= 15 is 0 Å². The topological polar surface area (TPSA) is 64.3 Å². The molecule has 0 N–H and O–H groups in total. The number of furan rings is 2. The molecular weight excluding hydrogens is 689 g/mol. The van der Waals surface area contributed by atoms with Crippen molar-refractivity contribution in [2.75, 3.05) is 0 Å². The number of para-hydroxylation sites is 4. The van der Waals surface area contributed by atoms with Crippen molar-refractivity contribution in [1.29, 1.82) is 5.26 Å². The summed E-state index contributed by atoms with van der Waals surface area (Å²) in [5, 5.41) is 19.1. The highest BCUT2D eigenvalue weighted by atomic mass is 16.3. The van der Waals surface area contributed by atoms with Crippen molar-refractivity contribution in [2.45, 2.75) is 0 Å². The van der Waals surface area contributed by atoms with Gasteiger partial charge in [-0.1, -0.05) is 78.9 Å². The molecule has 0 spiro atoms. The molecule has 0 bridgehead atoms. The number of hydrogen-bond donors (Lipinski definition) is 0. The number of nitriles is 1. The number of benzene rings is 8. The lowest BCUT2D eigenvalue weighted by Gasteiger charge is -2.15. The molecule has 56 heavy (non-hydrogen) atoms. The summed E-state index contributed by atoms with van der Waals surface area (Å²) in [6.45, 7) is 8.26. The number of fused-ring (bicyclic) bond motifs is 12. The summed E-state index contributed by atoms with van der Waals surface area (Å²) in [6.07, 6.45) is 0. The van der Waals surface area contributed by atoms with E-state index in [0.29, 0.717) is 22.4 Å². The third-order valence-corrected chi connectivity index (χ3v) is 11.4. The van der Waals surface area contributed by atoms with E-state index in [9.17, 15) is 5.26 Å². The van der Waals surface area contributed by atoms with Crippen LogP contribution in [0.3, 0.4) is 0 Å². The molecule has 4 heterocycles. The minimum absolute atomic E-state index is 0.472. The second-order valence-corrected chi connectivity index (χ2v) is 14.3. The molecule has 12 rings (SSSR count). The molecule has 0 saturated heterocycles. The summed E-state index contributed by atoms with van der Waals surface area (Å²) in [5.74, 6) is 0. The van der Waals surface area contributed by atoms with E-state index in [-0.39, 0.29) is 0 Å². The molecule has 6 nitrogen and oxygen atoms in total. The Hall–Kier alpha value is -8.06. The van der Waals surface area contributed by atoms with Crippen molar-refractivity contribution < 1.29 is 8.83 Å².